The van der Waals surface area contributed by atoms with Crippen molar-refractivity contribution in [3.8, 4) is 0 Å². The third-order valence-electron chi connectivity index (χ3n) is 10.6. The molecule has 15 heteroatoms. The molecule has 1 fully saturated rings. The van der Waals surface area contributed by atoms with Crippen molar-refractivity contribution in [2.24, 2.45) is 0 Å². The van der Waals surface area contributed by atoms with Crippen LogP contribution < -0.4 is 0 Å². The zero-order valence-electron chi connectivity index (χ0n) is 38.7. The van der Waals surface area contributed by atoms with E-state index in [4.69, 9.17) is 18.5 Å². The maximum absolute atomic E-state index is 12.8. The first-order valence-corrected chi connectivity index (χ1v) is 25.3. The maximum Gasteiger partial charge on any atom is 0.472 e. The number of phosphoric ester groups is 1. The SMILES string of the molecule is CCCCC/C=C\C/C=C\CCCCCCCCCC(=O)OC[C@H](COP(=O)(O)OC1[C@H](O)[C@H](O)C(O)[C@H](O)[C@H]1O)OC(=O)CCC/C=C\C/C=C\C/C=C\C/C=C\[C@H](O)CCCC. The molecule has 368 valence electrons. The molecule has 0 spiro atoms. The van der Waals surface area contributed by atoms with Crippen molar-refractivity contribution in [3.63, 3.8) is 0 Å². The van der Waals surface area contributed by atoms with Crippen LogP contribution in [0.2, 0.25) is 0 Å². The fourth-order valence-corrected chi connectivity index (χ4v) is 7.65. The highest BCUT2D eigenvalue weighted by molar-refractivity contribution is 7.47. The Hall–Kier alpha value is -2.75. The first-order chi connectivity index (χ1) is 30.8. The number of carbonyl (C=O) groups is 2. The van der Waals surface area contributed by atoms with Crippen LogP contribution in [-0.4, -0.2) is 110 Å². The standard InChI is InChI=1S/C49H83O14P/c1-3-5-7-8-9-10-11-12-13-14-15-16-20-23-26-29-32-36-42(51)60-38-41(39-61-64(58,59)63-49-47(56)45(54)44(53)46(55)48(49)57)62-43(52)37-33-30-27-24-21-18-17-19-22-25-28-31-35-40(50)34-6-4-2/h9-10,12-13,17-18,22,24-25,27,31,35,40-41,44-50,53-57H,3-8,11,14-16,19-21,23,26,28-30,32-34,36-39H2,1-2H3,(H,58,59)/b10-9-,13-12-,18-17-,25-22-,27-24-,35-31-/t40-,41-,44?,45-,46+,47-,48-,49?/m1/s1. The van der Waals surface area contributed by atoms with Gasteiger partial charge in [-0.1, -0.05) is 145 Å². The summed E-state index contributed by atoms with van der Waals surface area (Å²) in [7, 11) is -5.15. The molecule has 0 aromatic heterocycles. The highest BCUT2D eigenvalue weighted by Gasteiger charge is 2.51. The molecule has 1 rings (SSSR count). The van der Waals surface area contributed by atoms with Crippen molar-refractivity contribution in [3.05, 3.63) is 72.9 Å². The summed E-state index contributed by atoms with van der Waals surface area (Å²) in [5, 5.41) is 60.0. The van der Waals surface area contributed by atoms with Gasteiger partial charge in [0, 0.05) is 12.8 Å². The van der Waals surface area contributed by atoms with Crippen molar-refractivity contribution in [1.82, 2.24) is 0 Å². The lowest BCUT2D eigenvalue weighted by molar-refractivity contribution is -0.220. The molecule has 0 bridgehead atoms. The van der Waals surface area contributed by atoms with E-state index in [0.717, 1.165) is 96.3 Å². The number of allylic oxidation sites excluding steroid dienone is 11. The van der Waals surface area contributed by atoms with Crippen LogP contribution in [0.5, 0.6) is 0 Å². The molecule has 0 amide bonds. The molecule has 0 heterocycles. The van der Waals surface area contributed by atoms with E-state index in [1.54, 1.807) is 0 Å². The summed E-state index contributed by atoms with van der Waals surface area (Å²) in [6.45, 7) is 3.06. The molecule has 14 nitrogen and oxygen atoms in total. The van der Waals surface area contributed by atoms with E-state index in [1.807, 2.05) is 30.4 Å². The van der Waals surface area contributed by atoms with Gasteiger partial charge in [0.2, 0.25) is 0 Å². The zero-order chi connectivity index (χ0) is 47.3. The Kier molecular flexibility index (Phi) is 35.5. The van der Waals surface area contributed by atoms with Crippen LogP contribution >= 0.6 is 7.82 Å². The first-order valence-electron chi connectivity index (χ1n) is 23.8. The van der Waals surface area contributed by atoms with Gasteiger partial charge in [0.15, 0.2) is 6.10 Å². The molecule has 1 aliphatic carbocycles. The summed E-state index contributed by atoms with van der Waals surface area (Å²) >= 11 is 0. The van der Waals surface area contributed by atoms with Gasteiger partial charge in [-0.05, 0) is 77.0 Å². The number of aliphatic hydroxyl groups excluding tert-OH is 6. The van der Waals surface area contributed by atoms with Crippen molar-refractivity contribution in [2.45, 2.75) is 210 Å². The van der Waals surface area contributed by atoms with Gasteiger partial charge in [-0.25, -0.2) is 4.57 Å². The number of carbonyl (C=O) groups excluding carboxylic acids is 2. The van der Waals surface area contributed by atoms with Gasteiger partial charge in [-0.15, -0.1) is 0 Å². The molecule has 0 aromatic rings. The minimum atomic E-state index is -5.15. The molecule has 9 atom stereocenters. The lowest BCUT2D eigenvalue weighted by Gasteiger charge is -2.41. The fourth-order valence-electron chi connectivity index (χ4n) is 6.68. The molecule has 0 saturated heterocycles. The molecule has 3 unspecified atom stereocenters. The molecule has 0 aromatic carbocycles. The van der Waals surface area contributed by atoms with Crippen molar-refractivity contribution in [2.75, 3.05) is 13.2 Å². The Morgan fingerprint density at radius 3 is 1.56 bits per heavy atom. The van der Waals surface area contributed by atoms with Crippen LogP contribution in [0, 0.1) is 0 Å². The first kappa shape index (κ1) is 59.3. The van der Waals surface area contributed by atoms with E-state index >= 15 is 0 Å². The maximum atomic E-state index is 12.8. The van der Waals surface area contributed by atoms with Crippen LogP contribution in [0.3, 0.4) is 0 Å². The second-order valence-corrected chi connectivity index (χ2v) is 17.8. The Balaban J connectivity index is 2.51. The average molecular weight is 927 g/mol. The Morgan fingerprint density at radius 1 is 0.547 bits per heavy atom. The van der Waals surface area contributed by atoms with Crippen molar-refractivity contribution >= 4 is 19.8 Å². The van der Waals surface area contributed by atoms with Gasteiger partial charge >= 0.3 is 19.8 Å². The topological polar surface area (TPSA) is 230 Å². The lowest BCUT2D eigenvalue weighted by atomic mass is 9.85. The number of hydrogen-bond acceptors (Lipinski definition) is 13. The van der Waals surface area contributed by atoms with E-state index < -0.39 is 75.7 Å². The van der Waals surface area contributed by atoms with E-state index in [9.17, 15) is 49.7 Å². The van der Waals surface area contributed by atoms with E-state index in [-0.39, 0.29) is 18.9 Å². The third kappa shape index (κ3) is 30.5. The Labute approximate surface area is 383 Å². The number of ether oxygens (including phenoxy) is 2. The van der Waals surface area contributed by atoms with Gasteiger partial charge in [-0.3, -0.25) is 18.6 Å². The van der Waals surface area contributed by atoms with Gasteiger partial charge in [0.05, 0.1) is 12.7 Å². The van der Waals surface area contributed by atoms with Crippen LogP contribution in [0.25, 0.3) is 0 Å². The number of phosphoric acid groups is 1. The van der Waals surface area contributed by atoms with Crippen molar-refractivity contribution < 1.29 is 68.2 Å². The van der Waals surface area contributed by atoms with Gasteiger partial charge in [0.1, 0.15) is 43.2 Å². The molecular formula is C49H83O14P. The van der Waals surface area contributed by atoms with Gasteiger partial charge < -0.3 is 45.0 Å². The number of unbranched alkanes of at least 4 members (excludes halogenated alkanes) is 12. The number of rotatable bonds is 38. The van der Waals surface area contributed by atoms with E-state index in [0.29, 0.717) is 19.3 Å². The lowest BCUT2D eigenvalue weighted by Crippen LogP contribution is -2.64. The zero-order valence-corrected chi connectivity index (χ0v) is 39.6. The van der Waals surface area contributed by atoms with E-state index in [2.05, 4.69) is 56.4 Å². The summed E-state index contributed by atoms with van der Waals surface area (Å²) < 4.78 is 33.5. The average Bonchev–Trinajstić information content (AvgIpc) is 3.27. The molecule has 7 N–H and O–H groups in total. The Morgan fingerprint density at radius 2 is 1.00 bits per heavy atom. The van der Waals surface area contributed by atoms with Crippen LogP contribution in [0.15, 0.2) is 72.9 Å². The smallest absolute Gasteiger partial charge is 0.462 e. The molecule has 1 aliphatic rings. The monoisotopic (exact) mass is 927 g/mol. The van der Waals surface area contributed by atoms with E-state index in [1.165, 1.54) is 19.3 Å². The third-order valence-corrected chi connectivity index (χ3v) is 11.6. The normalized spacial score (nSPS) is 22.7. The van der Waals surface area contributed by atoms with Crippen LogP contribution in [0.1, 0.15) is 162 Å². The summed E-state index contributed by atoms with van der Waals surface area (Å²) in [5.41, 5.74) is 0. The minimum Gasteiger partial charge on any atom is -0.462 e. The van der Waals surface area contributed by atoms with Gasteiger partial charge in [-0.2, -0.15) is 0 Å². The summed E-state index contributed by atoms with van der Waals surface area (Å²) in [5.74, 6) is -1.20. The summed E-state index contributed by atoms with van der Waals surface area (Å²) in [4.78, 5) is 35.7. The second-order valence-electron chi connectivity index (χ2n) is 16.4. The minimum absolute atomic E-state index is 0.00109. The predicted octanol–water partition coefficient (Wildman–Crippen LogP) is 8.47. The number of aliphatic hydroxyl groups is 6. The fraction of sp³-hybridized carbons (Fsp3) is 0.714. The summed E-state index contributed by atoms with van der Waals surface area (Å²) in [6.07, 6.45) is 31.4. The highest BCUT2D eigenvalue weighted by Crippen LogP contribution is 2.47. The molecule has 64 heavy (non-hydrogen) atoms. The molecule has 1 saturated carbocycles. The largest absolute Gasteiger partial charge is 0.472 e. The quantitative estimate of drug-likeness (QED) is 0.0133. The number of hydrogen-bond donors (Lipinski definition) is 7. The highest BCUT2D eigenvalue weighted by atomic mass is 31.2. The molecule has 0 radical (unpaired) electrons. The van der Waals surface area contributed by atoms with Crippen LogP contribution in [0.4, 0.5) is 0 Å². The summed E-state index contributed by atoms with van der Waals surface area (Å²) in [6, 6.07) is 0. The predicted molar refractivity (Wildman–Crippen MR) is 250 cm³/mol. The van der Waals surface area contributed by atoms with Crippen LogP contribution in [-0.2, 0) is 32.7 Å². The molecule has 0 aliphatic heterocycles. The van der Waals surface area contributed by atoms with Crippen molar-refractivity contribution in [1.29, 1.82) is 0 Å². The number of esters is 2. The second kappa shape index (κ2) is 38.4. The molecular weight excluding hydrogens is 843 g/mol. The Bertz CT molecular complexity index is 1410. The van der Waals surface area contributed by atoms with Gasteiger partial charge in [0.25, 0.3) is 0 Å².